The van der Waals surface area contributed by atoms with Crippen LogP contribution in [0.15, 0.2) is 48.5 Å². The molecule has 2 rings (SSSR count). The third kappa shape index (κ3) is 7.75. The van der Waals surface area contributed by atoms with Gasteiger partial charge in [0.15, 0.2) is 0 Å². The molecule has 0 bridgehead atoms. The molecule has 0 saturated heterocycles. The lowest BCUT2D eigenvalue weighted by atomic mass is 9.86. The molecule has 0 radical (unpaired) electrons. The molecule has 176 valence electrons. The van der Waals surface area contributed by atoms with E-state index in [9.17, 15) is 13.2 Å². The largest absolute Gasteiger partial charge is 0.491 e. The second-order valence-electron chi connectivity index (χ2n) is 8.87. The van der Waals surface area contributed by atoms with Crippen LogP contribution in [-0.2, 0) is 20.2 Å². The minimum Gasteiger partial charge on any atom is -0.491 e. The summed E-state index contributed by atoms with van der Waals surface area (Å²) < 4.78 is 37.0. The summed E-state index contributed by atoms with van der Waals surface area (Å²) in [7, 11) is -3.64. The van der Waals surface area contributed by atoms with Crippen LogP contribution in [0.2, 0.25) is 0 Å². The van der Waals surface area contributed by atoms with Crippen LogP contribution in [0.25, 0.3) is 0 Å². The van der Waals surface area contributed by atoms with Crippen LogP contribution in [0.5, 0.6) is 11.5 Å². The first-order chi connectivity index (χ1) is 14.9. The van der Waals surface area contributed by atoms with Crippen LogP contribution in [0, 0.1) is 0 Å². The Balaban J connectivity index is 1.95. The molecular weight excluding hydrogens is 428 g/mol. The highest BCUT2D eigenvalue weighted by molar-refractivity contribution is 7.92. The number of benzene rings is 2. The zero-order valence-electron chi connectivity index (χ0n) is 19.7. The average Bonchev–Trinajstić information content (AvgIpc) is 2.68. The fourth-order valence-corrected chi connectivity index (χ4v) is 3.97. The SMILES string of the molecule is CC(C)Oc1ccc(N(CC(=O)NCCOc2ccccc2C(C)(C)C)S(C)(=O)=O)cc1. The molecule has 0 atom stereocenters. The smallest absolute Gasteiger partial charge is 0.240 e. The summed E-state index contributed by atoms with van der Waals surface area (Å²) in [4.78, 5) is 12.4. The first kappa shape index (κ1) is 25.5. The number of anilines is 1. The molecule has 2 aromatic carbocycles. The molecule has 0 saturated carbocycles. The van der Waals surface area contributed by atoms with E-state index in [-0.39, 0.29) is 31.2 Å². The van der Waals surface area contributed by atoms with Crippen molar-refractivity contribution >= 4 is 21.6 Å². The molecule has 2 aromatic rings. The molecule has 0 aliphatic carbocycles. The Bertz CT molecular complexity index is 996. The summed E-state index contributed by atoms with van der Waals surface area (Å²) >= 11 is 0. The van der Waals surface area contributed by atoms with E-state index in [0.717, 1.165) is 21.9 Å². The first-order valence-corrected chi connectivity index (χ1v) is 12.5. The van der Waals surface area contributed by atoms with Gasteiger partial charge in [0.05, 0.1) is 24.6 Å². The van der Waals surface area contributed by atoms with Gasteiger partial charge in [-0.25, -0.2) is 8.42 Å². The van der Waals surface area contributed by atoms with E-state index in [1.54, 1.807) is 24.3 Å². The average molecular weight is 463 g/mol. The molecule has 7 nitrogen and oxygen atoms in total. The highest BCUT2D eigenvalue weighted by Crippen LogP contribution is 2.30. The van der Waals surface area contributed by atoms with E-state index < -0.39 is 15.9 Å². The molecule has 0 unspecified atom stereocenters. The molecule has 0 aromatic heterocycles. The molecule has 32 heavy (non-hydrogen) atoms. The zero-order valence-corrected chi connectivity index (χ0v) is 20.5. The Labute approximate surface area is 191 Å². The van der Waals surface area contributed by atoms with Gasteiger partial charge in [-0.1, -0.05) is 39.0 Å². The van der Waals surface area contributed by atoms with Crippen LogP contribution < -0.4 is 19.1 Å². The Morgan fingerprint density at radius 3 is 2.25 bits per heavy atom. The van der Waals surface area contributed by atoms with Crippen LogP contribution in [0.1, 0.15) is 40.2 Å². The standard InChI is InChI=1S/C24H34N2O5S/c1-18(2)31-20-13-11-19(12-14-20)26(32(6,28)29)17-23(27)25-15-16-30-22-10-8-7-9-21(22)24(3,4)5/h7-14,18H,15-17H2,1-6H3,(H,25,27). The van der Waals surface area contributed by atoms with Crippen molar-refractivity contribution in [2.45, 2.75) is 46.1 Å². The molecule has 1 N–H and O–H groups in total. The summed E-state index contributed by atoms with van der Waals surface area (Å²) in [5.74, 6) is 0.996. The van der Waals surface area contributed by atoms with Gasteiger partial charge in [0.25, 0.3) is 0 Å². The summed E-state index contributed by atoms with van der Waals surface area (Å²) in [5, 5.41) is 2.73. The number of nitrogens with one attached hydrogen (secondary N) is 1. The first-order valence-electron chi connectivity index (χ1n) is 10.6. The van der Waals surface area contributed by atoms with Crippen molar-refractivity contribution in [3.63, 3.8) is 0 Å². The van der Waals surface area contributed by atoms with Crippen LogP contribution >= 0.6 is 0 Å². The lowest BCUT2D eigenvalue weighted by Crippen LogP contribution is -2.41. The second-order valence-corrected chi connectivity index (χ2v) is 10.8. The predicted octanol–water partition coefficient (Wildman–Crippen LogP) is 3.73. The molecule has 1 amide bonds. The maximum atomic E-state index is 12.4. The van der Waals surface area contributed by atoms with E-state index in [1.165, 1.54) is 0 Å². The van der Waals surface area contributed by atoms with Crippen molar-refractivity contribution in [2.75, 3.05) is 30.3 Å². The maximum absolute atomic E-state index is 12.4. The third-order valence-corrected chi connectivity index (χ3v) is 5.70. The Morgan fingerprint density at radius 1 is 1.06 bits per heavy atom. The van der Waals surface area contributed by atoms with Gasteiger partial charge in [0.2, 0.25) is 15.9 Å². The molecule has 0 spiro atoms. The topological polar surface area (TPSA) is 84.9 Å². The molecule has 0 aliphatic rings. The van der Waals surface area contributed by atoms with Gasteiger partial charge in [-0.3, -0.25) is 9.10 Å². The number of para-hydroxylation sites is 1. The monoisotopic (exact) mass is 462 g/mol. The van der Waals surface area contributed by atoms with Crippen molar-refractivity contribution in [1.82, 2.24) is 5.32 Å². The van der Waals surface area contributed by atoms with Gasteiger partial charge < -0.3 is 14.8 Å². The van der Waals surface area contributed by atoms with Gasteiger partial charge in [-0.2, -0.15) is 0 Å². The van der Waals surface area contributed by atoms with Gasteiger partial charge >= 0.3 is 0 Å². The van der Waals surface area contributed by atoms with Gasteiger partial charge in [0.1, 0.15) is 24.7 Å². The zero-order chi connectivity index (χ0) is 23.9. The molecule has 0 fully saturated rings. The quantitative estimate of drug-likeness (QED) is 0.544. The molecular formula is C24H34N2O5S. The number of ether oxygens (including phenoxy) is 2. The summed E-state index contributed by atoms with van der Waals surface area (Å²) in [6.45, 7) is 10.4. The summed E-state index contributed by atoms with van der Waals surface area (Å²) in [6, 6.07) is 14.4. The van der Waals surface area contributed by atoms with E-state index >= 15 is 0 Å². The van der Waals surface area contributed by atoms with Crippen LogP contribution in [0.3, 0.4) is 0 Å². The number of amides is 1. The lowest BCUT2D eigenvalue weighted by molar-refractivity contribution is -0.119. The lowest BCUT2D eigenvalue weighted by Gasteiger charge is -2.23. The van der Waals surface area contributed by atoms with Gasteiger partial charge in [-0.05, 0) is 55.2 Å². The number of nitrogens with zero attached hydrogens (tertiary/aromatic N) is 1. The van der Waals surface area contributed by atoms with Crippen LogP contribution in [-0.4, -0.2) is 46.4 Å². The molecule has 8 heteroatoms. The van der Waals surface area contributed by atoms with E-state index in [4.69, 9.17) is 9.47 Å². The van der Waals surface area contributed by atoms with Gasteiger partial charge in [0, 0.05) is 0 Å². The third-order valence-electron chi connectivity index (χ3n) is 4.56. The van der Waals surface area contributed by atoms with Crippen molar-refractivity contribution < 1.29 is 22.7 Å². The fraction of sp³-hybridized carbons (Fsp3) is 0.458. The highest BCUT2D eigenvalue weighted by Gasteiger charge is 2.21. The number of carbonyl (C=O) groups excluding carboxylic acids is 1. The number of rotatable bonds is 10. The minimum atomic E-state index is -3.64. The number of hydrogen-bond donors (Lipinski definition) is 1. The van der Waals surface area contributed by atoms with Crippen molar-refractivity contribution in [1.29, 1.82) is 0 Å². The Hall–Kier alpha value is -2.74. The van der Waals surface area contributed by atoms with E-state index in [2.05, 4.69) is 26.1 Å². The van der Waals surface area contributed by atoms with E-state index in [1.807, 2.05) is 38.1 Å². The summed E-state index contributed by atoms with van der Waals surface area (Å²) in [5.41, 5.74) is 1.42. The number of carbonyl (C=O) groups is 1. The van der Waals surface area contributed by atoms with Crippen molar-refractivity contribution in [3.05, 3.63) is 54.1 Å². The fourth-order valence-electron chi connectivity index (χ4n) is 3.11. The Morgan fingerprint density at radius 2 is 1.69 bits per heavy atom. The minimum absolute atomic E-state index is 0.00946. The van der Waals surface area contributed by atoms with Crippen molar-refractivity contribution in [2.24, 2.45) is 0 Å². The molecule has 0 aliphatic heterocycles. The molecule has 0 heterocycles. The van der Waals surface area contributed by atoms with Crippen molar-refractivity contribution in [3.8, 4) is 11.5 Å². The van der Waals surface area contributed by atoms with Gasteiger partial charge in [-0.15, -0.1) is 0 Å². The maximum Gasteiger partial charge on any atom is 0.240 e. The number of hydrogen-bond acceptors (Lipinski definition) is 5. The normalized spacial score (nSPS) is 11.8. The Kier molecular flexibility index (Phi) is 8.55. The van der Waals surface area contributed by atoms with Crippen LogP contribution in [0.4, 0.5) is 5.69 Å². The highest BCUT2D eigenvalue weighted by atomic mass is 32.2. The van der Waals surface area contributed by atoms with E-state index in [0.29, 0.717) is 11.4 Å². The second kappa shape index (κ2) is 10.7. The predicted molar refractivity (Wildman–Crippen MR) is 128 cm³/mol. The summed E-state index contributed by atoms with van der Waals surface area (Å²) in [6.07, 6.45) is 1.08. The number of sulfonamides is 1.